The maximum absolute atomic E-state index is 12.5. The summed E-state index contributed by atoms with van der Waals surface area (Å²) in [5.41, 5.74) is 3.17. The summed E-state index contributed by atoms with van der Waals surface area (Å²) in [4.78, 5) is 19.3. The maximum Gasteiger partial charge on any atom is 0.253 e. The van der Waals surface area contributed by atoms with Crippen molar-refractivity contribution in [3.05, 3.63) is 64.4 Å². The van der Waals surface area contributed by atoms with Crippen LogP contribution in [0, 0.1) is 6.92 Å². The number of aryl methyl sites for hydroxylation is 1. The molecule has 4 rings (SSSR count). The zero-order valence-corrected chi connectivity index (χ0v) is 17.2. The minimum absolute atomic E-state index is 0.000627. The largest absolute Gasteiger partial charge is 0.349 e. The van der Waals surface area contributed by atoms with Gasteiger partial charge in [-0.05, 0) is 62.4 Å². The molecule has 0 unspecified atom stereocenters. The van der Waals surface area contributed by atoms with E-state index in [-0.39, 0.29) is 17.4 Å². The molecular weight excluding hydrogens is 370 g/mol. The Morgan fingerprint density at radius 3 is 2.54 bits per heavy atom. The minimum Gasteiger partial charge on any atom is -0.349 e. The van der Waals surface area contributed by atoms with Gasteiger partial charge >= 0.3 is 0 Å². The second kappa shape index (κ2) is 8.22. The number of amides is 1. The Morgan fingerprint density at radius 2 is 1.93 bits per heavy atom. The second-order valence-electron chi connectivity index (χ2n) is 8.30. The first-order valence-corrected chi connectivity index (χ1v) is 10.6. The van der Waals surface area contributed by atoms with Crippen LogP contribution in [0.1, 0.15) is 53.7 Å². The van der Waals surface area contributed by atoms with Crippen molar-refractivity contribution >= 4 is 17.5 Å². The van der Waals surface area contributed by atoms with Gasteiger partial charge in [0.15, 0.2) is 0 Å². The van der Waals surface area contributed by atoms with Crippen molar-refractivity contribution in [2.75, 3.05) is 19.6 Å². The van der Waals surface area contributed by atoms with Crippen molar-refractivity contribution in [3.63, 3.8) is 0 Å². The van der Waals surface area contributed by atoms with Crippen molar-refractivity contribution in [1.82, 2.24) is 15.2 Å². The molecule has 2 aliphatic rings. The number of pyridine rings is 1. The molecule has 4 nitrogen and oxygen atoms in total. The highest BCUT2D eigenvalue weighted by Gasteiger charge is 2.40. The minimum atomic E-state index is 0.000627. The summed E-state index contributed by atoms with van der Waals surface area (Å²) in [6, 6.07) is 12.3. The smallest absolute Gasteiger partial charge is 0.253 e. The van der Waals surface area contributed by atoms with E-state index in [2.05, 4.69) is 27.3 Å². The van der Waals surface area contributed by atoms with Crippen LogP contribution >= 0.6 is 11.6 Å². The molecule has 0 bridgehead atoms. The summed E-state index contributed by atoms with van der Waals surface area (Å²) in [6.45, 7) is 5.06. The fourth-order valence-corrected chi connectivity index (χ4v) is 4.72. The quantitative estimate of drug-likeness (QED) is 0.815. The Balaban J connectivity index is 1.32. The Bertz CT molecular complexity index is 824. The highest BCUT2D eigenvalue weighted by Crippen LogP contribution is 2.44. The van der Waals surface area contributed by atoms with Gasteiger partial charge in [0.1, 0.15) is 0 Å². The number of nitrogens with one attached hydrogen (secondary N) is 1. The lowest BCUT2D eigenvalue weighted by Crippen LogP contribution is -2.51. The van der Waals surface area contributed by atoms with Crippen LogP contribution in [0.15, 0.2) is 42.6 Å². The molecule has 1 N–H and O–H groups in total. The maximum atomic E-state index is 12.5. The number of carbonyl (C=O) groups is 1. The van der Waals surface area contributed by atoms with Gasteiger partial charge in [-0.15, -0.1) is 0 Å². The van der Waals surface area contributed by atoms with E-state index in [4.69, 9.17) is 11.6 Å². The SMILES string of the molecule is Cc1ncccc1C(=O)NC1CCN(CC2(c3ccc(Cl)cc3)CCC2)CC1. The van der Waals surface area contributed by atoms with Gasteiger partial charge in [-0.2, -0.15) is 0 Å². The fourth-order valence-electron chi connectivity index (χ4n) is 4.60. The first kappa shape index (κ1) is 19.4. The standard InChI is InChI=1S/C23H28ClN3O/c1-17-21(4-2-13-25-17)22(28)26-20-9-14-27(15-10-20)16-23(11-3-12-23)18-5-7-19(24)8-6-18/h2,4-8,13,20H,3,9-12,14-16H2,1H3,(H,26,28). The summed E-state index contributed by atoms with van der Waals surface area (Å²) >= 11 is 6.08. The molecular formula is C23H28ClN3O. The predicted molar refractivity (Wildman–Crippen MR) is 113 cm³/mol. The number of benzene rings is 1. The van der Waals surface area contributed by atoms with Gasteiger partial charge in [-0.1, -0.05) is 30.2 Å². The molecule has 1 aliphatic carbocycles. The molecule has 1 saturated heterocycles. The average Bonchev–Trinajstić information content (AvgIpc) is 2.67. The summed E-state index contributed by atoms with van der Waals surface area (Å²) in [5.74, 6) is 0.000627. The molecule has 28 heavy (non-hydrogen) atoms. The topological polar surface area (TPSA) is 45.2 Å². The van der Waals surface area contributed by atoms with Crippen molar-refractivity contribution in [1.29, 1.82) is 0 Å². The van der Waals surface area contributed by atoms with Crippen molar-refractivity contribution < 1.29 is 4.79 Å². The molecule has 0 radical (unpaired) electrons. The van der Waals surface area contributed by atoms with Crippen LogP contribution in [0.25, 0.3) is 0 Å². The van der Waals surface area contributed by atoms with E-state index in [1.807, 2.05) is 31.2 Å². The van der Waals surface area contributed by atoms with Crippen LogP contribution in [0.2, 0.25) is 5.02 Å². The normalized spacial score (nSPS) is 19.8. The van der Waals surface area contributed by atoms with E-state index in [0.29, 0.717) is 5.56 Å². The number of hydrogen-bond donors (Lipinski definition) is 1. The molecule has 0 atom stereocenters. The third kappa shape index (κ3) is 4.08. The van der Waals surface area contributed by atoms with Crippen molar-refractivity contribution in [2.45, 2.75) is 50.5 Å². The average molecular weight is 398 g/mol. The van der Waals surface area contributed by atoms with Gasteiger partial charge in [0, 0.05) is 48.0 Å². The first-order chi connectivity index (χ1) is 13.6. The van der Waals surface area contributed by atoms with E-state index in [9.17, 15) is 4.79 Å². The van der Waals surface area contributed by atoms with Crippen LogP contribution in [0.5, 0.6) is 0 Å². The van der Waals surface area contributed by atoms with Crippen LogP contribution in [-0.2, 0) is 5.41 Å². The monoisotopic (exact) mass is 397 g/mol. The Labute approximate surface area is 172 Å². The third-order valence-electron chi connectivity index (χ3n) is 6.47. The number of rotatable bonds is 5. The number of carbonyl (C=O) groups excluding carboxylic acids is 1. The third-order valence-corrected chi connectivity index (χ3v) is 6.72. The van der Waals surface area contributed by atoms with Gasteiger partial charge in [0.2, 0.25) is 0 Å². The highest BCUT2D eigenvalue weighted by atomic mass is 35.5. The number of hydrogen-bond acceptors (Lipinski definition) is 3. The van der Waals surface area contributed by atoms with Gasteiger partial charge in [-0.25, -0.2) is 0 Å². The fraction of sp³-hybridized carbons (Fsp3) is 0.478. The van der Waals surface area contributed by atoms with Crippen LogP contribution in [0.3, 0.4) is 0 Å². The molecule has 2 fully saturated rings. The Morgan fingerprint density at radius 1 is 1.21 bits per heavy atom. The molecule has 1 aromatic heterocycles. The van der Waals surface area contributed by atoms with Crippen molar-refractivity contribution in [2.24, 2.45) is 0 Å². The zero-order chi connectivity index (χ0) is 19.6. The van der Waals surface area contributed by atoms with E-state index in [1.54, 1.807) is 6.20 Å². The second-order valence-corrected chi connectivity index (χ2v) is 8.74. The molecule has 0 spiro atoms. The highest BCUT2D eigenvalue weighted by molar-refractivity contribution is 6.30. The number of halogens is 1. The molecule has 1 aliphatic heterocycles. The summed E-state index contributed by atoms with van der Waals surface area (Å²) < 4.78 is 0. The molecule has 5 heteroatoms. The lowest BCUT2D eigenvalue weighted by molar-refractivity contribution is 0.0869. The molecule has 148 valence electrons. The molecule has 2 heterocycles. The van der Waals surface area contributed by atoms with Gasteiger partial charge in [0.05, 0.1) is 5.56 Å². The Hall–Kier alpha value is -1.91. The van der Waals surface area contributed by atoms with Crippen molar-refractivity contribution in [3.8, 4) is 0 Å². The summed E-state index contributed by atoms with van der Waals surface area (Å²) in [6.07, 6.45) is 7.54. The lowest BCUT2D eigenvalue weighted by atomic mass is 9.64. The number of likely N-dealkylation sites (tertiary alicyclic amines) is 1. The van der Waals surface area contributed by atoms with Crippen LogP contribution in [-0.4, -0.2) is 41.5 Å². The van der Waals surface area contributed by atoms with Gasteiger partial charge in [-0.3, -0.25) is 9.78 Å². The van der Waals surface area contributed by atoms with E-state index < -0.39 is 0 Å². The molecule has 1 saturated carbocycles. The van der Waals surface area contributed by atoms with E-state index in [0.717, 1.165) is 43.2 Å². The number of piperidine rings is 1. The lowest BCUT2D eigenvalue weighted by Gasteiger charge is -2.47. The summed E-state index contributed by atoms with van der Waals surface area (Å²) in [7, 11) is 0. The van der Waals surface area contributed by atoms with Crippen LogP contribution < -0.4 is 5.32 Å². The zero-order valence-electron chi connectivity index (χ0n) is 16.5. The van der Waals surface area contributed by atoms with Gasteiger partial charge in [0.25, 0.3) is 5.91 Å². The first-order valence-electron chi connectivity index (χ1n) is 10.3. The summed E-state index contributed by atoms with van der Waals surface area (Å²) in [5, 5.41) is 4.01. The number of aromatic nitrogens is 1. The van der Waals surface area contributed by atoms with Gasteiger partial charge < -0.3 is 10.2 Å². The molecule has 1 amide bonds. The number of nitrogens with zero attached hydrogens (tertiary/aromatic N) is 2. The van der Waals surface area contributed by atoms with Crippen LogP contribution in [0.4, 0.5) is 0 Å². The molecule has 1 aromatic carbocycles. The van der Waals surface area contributed by atoms with E-state index >= 15 is 0 Å². The molecule has 2 aromatic rings. The van der Waals surface area contributed by atoms with E-state index in [1.165, 1.54) is 24.8 Å². The Kier molecular flexibility index (Phi) is 5.70. The predicted octanol–water partition coefficient (Wildman–Crippen LogP) is 4.36.